The predicted molar refractivity (Wildman–Crippen MR) is 56.6 cm³/mol. The Kier molecular flexibility index (Phi) is 4.48. The summed E-state index contributed by atoms with van der Waals surface area (Å²) in [6.45, 7) is 0.627. The molecule has 84 valence electrons. The normalized spacial score (nSPS) is 14.9. The number of hydrogen-bond donors (Lipinski definition) is 4. The maximum atomic E-state index is 10.8. The van der Waals surface area contributed by atoms with Crippen molar-refractivity contribution in [3.8, 4) is 0 Å². The first kappa shape index (κ1) is 11.9. The fourth-order valence-corrected chi connectivity index (χ4v) is 1.28. The molecule has 1 aromatic rings. The lowest BCUT2D eigenvalue weighted by Crippen LogP contribution is -2.23. The van der Waals surface area contributed by atoms with Crippen LogP contribution in [0.4, 0.5) is 0 Å². The Morgan fingerprint density at radius 3 is 2.73 bits per heavy atom. The first-order valence-electron chi connectivity index (χ1n) is 4.84. The molecule has 1 rings (SSSR count). The number of pyridine rings is 1. The lowest BCUT2D eigenvalue weighted by Gasteiger charge is -2.17. The third-order valence-corrected chi connectivity index (χ3v) is 2.20. The van der Waals surface area contributed by atoms with Gasteiger partial charge < -0.3 is 20.5 Å². The zero-order valence-corrected chi connectivity index (χ0v) is 8.60. The van der Waals surface area contributed by atoms with Gasteiger partial charge in [0.05, 0.1) is 6.10 Å². The van der Waals surface area contributed by atoms with Gasteiger partial charge in [0.1, 0.15) is 6.10 Å². The summed E-state index contributed by atoms with van der Waals surface area (Å²) in [5.74, 6) is 0. The van der Waals surface area contributed by atoms with Crippen LogP contribution in [0.25, 0.3) is 0 Å². The van der Waals surface area contributed by atoms with Crippen LogP contribution in [0.2, 0.25) is 0 Å². The Morgan fingerprint density at radius 2 is 2.20 bits per heavy atom. The van der Waals surface area contributed by atoms with Crippen LogP contribution in [0.3, 0.4) is 0 Å². The summed E-state index contributed by atoms with van der Waals surface area (Å²) >= 11 is 0. The van der Waals surface area contributed by atoms with E-state index in [-0.39, 0.29) is 5.56 Å². The summed E-state index contributed by atoms with van der Waals surface area (Å²) in [6.07, 6.45) is 0.0744. The van der Waals surface area contributed by atoms with E-state index in [0.717, 1.165) is 0 Å². The second-order valence-corrected chi connectivity index (χ2v) is 3.39. The van der Waals surface area contributed by atoms with E-state index in [0.29, 0.717) is 18.5 Å². The number of aliphatic hydroxyl groups is 2. The van der Waals surface area contributed by atoms with Gasteiger partial charge in [-0.15, -0.1) is 0 Å². The Labute approximate surface area is 87.8 Å². The molecule has 0 aromatic carbocycles. The van der Waals surface area contributed by atoms with Crippen molar-refractivity contribution in [2.24, 2.45) is 0 Å². The van der Waals surface area contributed by atoms with Gasteiger partial charge in [0, 0.05) is 12.3 Å². The fraction of sp³-hybridized carbons (Fsp3) is 0.500. The molecule has 0 bridgehead atoms. The number of aromatic amines is 1. The number of rotatable bonds is 5. The van der Waals surface area contributed by atoms with Crippen LogP contribution in [0.15, 0.2) is 23.1 Å². The third kappa shape index (κ3) is 3.47. The first-order valence-corrected chi connectivity index (χ1v) is 4.84. The minimum atomic E-state index is -0.963. The number of aliphatic hydroxyl groups excluding tert-OH is 2. The fourth-order valence-electron chi connectivity index (χ4n) is 1.28. The van der Waals surface area contributed by atoms with Gasteiger partial charge in [-0.3, -0.25) is 4.79 Å². The average Bonchev–Trinajstić information content (AvgIpc) is 2.26. The molecule has 0 aliphatic rings. The summed E-state index contributed by atoms with van der Waals surface area (Å²) in [7, 11) is 1.78. The highest BCUT2D eigenvalue weighted by Gasteiger charge is 2.17. The molecule has 2 unspecified atom stereocenters. The van der Waals surface area contributed by atoms with Crippen LogP contribution in [-0.4, -0.2) is 34.9 Å². The number of aromatic nitrogens is 1. The molecular formula is C10H16N2O3. The van der Waals surface area contributed by atoms with Crippen molar-refractivity contribution < 1.29 is 10.2 Å². The van der Waals surface area contributed by atoms with Gasteiger partial charge in [-0.05, 0) is 31.6 Å². The SMILES string of the molecule is CNCCC(O)C(O)c1ccc(=O)[nH]c1. The molecule has 0 saturated heterocycles. The van der Waals surface area contributed by atoms with Crippen molar-refractivity contribution in [3.63, 3.8) is 0 Å². The number of hydrogen-bond acceptors (Lipinski definition) is 4. The van der Waals surface area contributed by atoms with Crippen molar-refractivity contribution >= 4 is 0 Å². The Hall–Kier alpha value is -1.17. The van der Waals surface area contributed by atoms with Gasteiger partial charge >= 0.3 is 0 Å². The second kappa shape index (κ2) is 5.65. The highest BCUT2D eigenvalue weighted by Crippen LogP contribution is 2.16. The van der Waals surface area contributed by atoms with Crippen LogP contribution in [0, 0.1) is 0 Å². The highest BCUT2D eigenvalue weighted by atomic mass is 16.3. The van der Waals surface area contributed by atoms with E-state index >= 15 is 0 Å². The van der Waals surface area contributed by atoms with Gasteiger partial charge in [0.2, 0.25) is 5.56 Å². The minimum absolute atomic E-state index is 0.226. The quantitative estimate of drug-likeness (QED) is 0.524. The Bertz CT molecular complexity index is 330. The lowest BCUT2D eigenvalue weighted by molar-refractivity contribution is 0.0138. The first-order chi connectivity index (χ1) is 7.15. The van der Waals surface area contributed by atoms with Crippen molar-refractivity contribution in [2.45, 2.75) is 18.6 Å². The third-order valence-electron chi connectivity index (χ3n) is 2.20. The lowest BCUT2D eigenvalue weighted by atomic mass is 10.0. The van der Waals surface area contributed by atoms with Gasteiger partial charge in [0.15, 0.2) is 0 Å². The molecule has 2 atom stereocenters. The van der Waals surface area contributed by atoms with E-state index in [1.165, 1.54) is 18.3 Å². The van der Waals surface area contributed by atoms with Crippen LogP contribution >= 0.6 is 0 Å². The van der Waals surface area contributed by atoms with Crippen molar-refractivity contribution in [1.29, 1.82) is 0 Å². The Morgan fingerprint density at radius 1 is 1.47 bits per heavy atom. The predicted octanol–water partition coefficient (Wildman–Crippen LogP) is -0.621. The minimum Gasteiger partial charge on any atom is -0.390 e. The number of H-pyrrole nitrogens is 1. The molecule has 0 spiro atoms. The van der Waals surface area contributed by atoms with E-state index in [1.54, 1.807) is 7.05 Å². The zero-order chi connectivity index (χ0) is 11.3. The monoisotopic (exact) mass is 212 g/mol. The van der Waals surface area contributed by atoms with E-state index < -0.39 is 12.2 Å². The van der Waals surface area contributed by atoms with Crippen LogP contribution in [0.1, 0.15) is 18.1 Å². The average molecular weight is 212 g/mol. The molecule has 0 aliphatic carbocycles. The summed E-state index contributed by atoms with van der Waals surface area (Å²) < 4.78 is 0. The molecule has 0 fully saturated rings. The van der Waals surface area contributed by atoms with Crippen LogP contribution in [-0.2, 0) is 0 Å². The summed E-state index contributed by atoms with van der Waals surface area (Å²) in [5, 5.41) is 22.2. The largest absolute Gasteiger partial charge is 0.390 e. The van der Waals surface area contributed by atoms with Crippen molar-refractivity contribution in [2.75, 3.05) is 13.6 Å². The molecule has 0 amide bonds. The summed E-state index contributed by atoms with van der Waals surface area (Å²) in [6, 6.07) is 2.83. The summed E-state index contributed by atoms with van der Waals surface area (Å²) in [5.41, 5.74) is 0.286. The molecule has 15 heavy (non-hydrogen) atoms. The molecule has 5 heteroatoms. The van der Waals surface area contributed by atoms with E-state index in [9.17, 15) is 15.0 Å². The van der Waals surface area contributed by atoms with Gasteiger partial charge in [-0.2, -0.15) is 0 Å². The maximum absolute atomic E-state index is 10.8. The van der Waals surface area contributed by atoms with Crippen molar-refractivity contribution in [3.05, 3.63) is 34.2 Å². The highest BCUT2D eigenvalue weighted by molar-refractivity contribution is 5.13. The number of nitrogens with one attached hydrogen (secondary N) is 2. The van der Waals surface area contributed by atoms with E-state index in [4.69, 9.17) is 0 Å². The van der Waals surface area contributed by atoms with Crippen LogP contribution < -0.4 is 10.9 Å². The van der Waals surface area contributed by atoms with Crippen molar-refractivity contribution in [1.82, 2.24) is 10.3 Å². The topological polar surface area (TPSA) is 85.3 Å². The maximum Gasteiger partial charge on any atom is 0.247 e. The molecule has 1 heterocycles. The molecule has 4 N–H and O–H groups in total. The molecule has 0 radical (unpaired) electrons. The van der Waals surface area contributed by atoms with Crippen LogP contribution in [0.5, 0.6) is 0 Å². The second-order valence-electron chi connectivity index (χ2n) is 3.39. The Balaban J connectivity index is 2.62. The molecule has 1 aromatic heterocycles. The van der Waals surface area contributed by atoms with E-state index in [1.807, 2.05) is 0 Å². The molecular weight excluding hydrogens is 196 g/mol. The van der Waals surface area contributed by atoms with Gasteiger partial charge in [-0.25, -0.2) is 0 Å². The molecule has 5 nitrogen and oxygen atoms in total. The van der Waals surface area contributed by atoms with E-state index in [2.05, 4.69) is 10.3 Å². The van der Waals surface area contributed by atoms with Gasteiger partial charge in [-0.1, -0.05) is 0 Å². The standard InChI is InChI=1S/C10H16N2O3/c1-11-5-4-8(13)10(15)7-2-3-9(14)12-6-7/h2-3,6,8,10-11,13,15H,4-5H2,1H3,(H,12,14). The smallest absolute Gasteiger partial charge is 0.247 e. The zero-order valence-electron chi connectivity index (χ0n) is 8.60. The summed E-state index contributed by atoms with van der Waals surface area (Å²) in [4.78, 5) is 13.2. The molecule has 0 saturated carbocycles. The van der Waals surface area contributed by atoms with Gasteiger partial charge in [0.25, 0.3) is 0 Å². The molecule has 0 aliphatic heterocycles.